The van der Waals surface area contributed by atoms with Crippen molar-refractivity contribution in [3.8, 4) is 5.75 Å². The molecule has 1 aliphatic rings. The van der Waals surface area contributed by atoms with Gasteiger partial charge in [-0.2, -0.15) is 0 Å². The minimum atomic E-state index is -0.0103. The molecule has 0 aliphatic carbocycles. The highest BCUT2D eigenvalue weighted by atomic mass is 35.5. The molecule has 0 saturated carbocycles. The van der Waals surface area contributed by atoms with Gasteiger partial charge < -0.3 is 19.7 Å². The predicted octanol–water partition coefficient (Wildman–Crippen LogP) is 3.97. The molecule has 0 atom stereocenters. The second-order valence-corrected chi connectivity index (χ2v) is 6.54. The van der Waals surface area contributed by atoms with E-state index in [2.05, 4.69) is 16.3 Å². The molecule has 0 radical (unpaired) electrons. The van der Waals surface area contributed by atoms with Crippen LogP contribution in [0.4, 0.5) is 11.4 Å². The van der Waals surface area contributed by atoms with Gasteiger partial charge in [-0.15, -0.1) is 0 Å². The van der Waals surface area contributed by atoms with E-state index in [0.29, 0.717) is 24.5 Å². The molecule has 1 aliphatic heterocycles. The van der Waals surface area contributed by atoms with Gasteiger partial charge in [0.2, 0.25) is 5.91 Å². The Balaban J connectivity index is 1.42. The molecule has 3 rings (SSSR count). The summed E-state index contributed by atoms with van der Waals surface area (Å²) in [5.41, 5.74) is 1.93. The number of nitrogens with zero attached hydrogens (tertiary/aromatic N) is 1. The van der Waals surface area contributed by atoms with Crippen molar-refractivity contribution in [3.63, 3.8) is 0 Å². The number of benzene rings is 2. The second kappa shape index (κ2) is 9.46. The van der Waals surface area contributed by atoms with Crippen LogP contribution in [-0.4, -0.2) is 38.8 Å². The van der Waals surface area contributed by atoms with Crippen LogP contribution in [-0.2, 0) is 9.53 Å². The van der Waals surface area contributed by atoms with Crippen LogP contribution in [0, 0.1) is 0 Å². The highest BCUT2D eigenvalue weighted by Gasteiger charge is 2.12. The zero-order chi connectivity index (χ0) is 18.2. The number of amides is 1. The van der Waals surface area contributed by atoms with E-state index in [0.717, 1.165) is 43.4 Å². The van der Waals surface area contributed by atoms with Crippen molar-refractivity contribution < 1.29 is 14.3 Å². The number of nitrogens with one attached hydrogen (secondary N) is 1. The van der Waals surface area contributed by atoms with Crippen molar-refractivity contribution in [2.24, 2.45) is 0 Å². The third-order valence-electron chi connectivity index (χ3n) is 4.14. The first-order valence-corrected chi connectivity index (χ1v) is 9.19. The summed E-state index contributed by atoms with van der Waals surface area (Å²) < 4.78 is 11.0. The Morgan fingerprint density at radius 1 is 1.15 bits per heavy atom. The van der Waals surface area contributed by atoms with E-state index < -0.39 is 0 Å². The van der Waals surface area contributed by atoms with Crippen LogP contribution in [0.25, 0.3) is 0 Å². The molecule has 0 spiro atoms. The maximum absolute atomic E-state index is 12.1. The average Bonchev–Trinajstić information content (AvgIpc) is 2.67. The number of anilines is 2. The highest BCUT2D eigenvalue weighted by molar-refractivity contribution is 6.30. The molecule has 1 amide bonds. The van der Waals surface area contributed by atoms with Gasteiger partial charge >= 0.3 is 0 Å². The average molecular weight is 375 g/mol. The van der Waals surface area contributed by atoms with Crippen molar-refractivity contribution in [3.05, 3.63) is 53.6 Å². The first-order valence-electron chi connectivity index (χ1n) is 8.82. The monoisotopic (exact) mass is 374 g/mol. The predicted molar refractivity (Wildman–Crippen MR) is 104 cm³/mol. The highest BCUT2D eigenvalue weighted by Crippen LogP contribution is 2.21. The third-order valence-corrected chi connectivity index (χ3v) is 4.39. The van der Waals surface area contributed by atoms with Crippen molar-refractivity contribution in [2.45, 2.75) is 12.8 Å². The minimum absolute atomic E-state index is 0.0103. The molecule has 0 aromatic heterocycles. The summed E-state index contributed by atoms with van der Waals surface area (Å²) in [6.45, 7) is 3.72. The number of hydrogen-bond acceptors (Lipinski definition) is 4. The molecular formula is C20H23ClN2O3. The first-order chi connectivity index (χ1) is 12.7. The quantitative estimate of drug-likeness (QED) is 0.745. The lowest BCUT2D eigenvalue weighted by Gasteiger charge is -2.29. The summed E-state index contributed by atoms with van der Waals surface area (Å²) >= 11 is 5.83. The van der Waals surface area contributed by atoms with Crippen LogP contribution in [0.15, 0.2) is 48.5 Å². The van der Waals surface area contributed by atoms with Gasteiger partial charge in [0.1, 0.15) is 5.75 Å². The van der Waals surface area contributed by atoms with Crippen molar-refractivity contribution in [1.29, 1.82) is 0 Å². The minimum Gasteiger partial charge on any atom is -0.494 e. The van der Waals surface area contributed by atoms with E-state index in [4.69, 9.17) is 21.1 Å². The van der Waals surface area contributed by atoms with Crippen LogP contribution >= 0.6 is 11.6 Å². The second-order valence-electron chi connectivity index (χ2n) is 6.10. The molecule has 6 heteroatoms. The lowest BCUT2D eigenvalue weighted by Crippen LogP contribution is -2.36. The van der Waals surface area contributed by atoms with Gasteiger partial charge in [0, 0.05) is 35.9 Å². The smallest absolute Gasteiger partial charge is 0.224 e. The van der Waals surface area contributed by atoms with Gasteiger partial charge in [-0.25, -0.2) is 0 Å². The molecular weight excluding hydrogens is 352 g/mol. The van der Waals surface area contributed by atoms with Gasteiger partial charge in [-0.1, -0.05) is 17.7 Å². The summed E-state index contributed by atoms with van der Waals surface area (Å²) in [6.07, 6.45) is 1.06. The first kappa shape index (κ1) is 18.5. The molecule has 1 heterocycles. The molecule has 2 aromatic rings. The SMILES string of the molecule is O=C(CCCOc1ccc(Cl)cc1)Nc1cccc(N2CCOCC2)c1. The summed E-state index contributed by atoms with van der Waals surface area (Å²) in [5.74, 6) is 0.747. The lowest BCUT2D eigenvalue weighted by atomic mass is 10.2. The fraction of sp³-hybridized carbons (Fsp3) is 0.350. The van der Waals surface area contributed by atoms with Crippen LogP contribution in [0.1, 0.15) is 12.8 Å². The number of hydrogen-bond donors (Lipinski definition) is 1. The number of morpholine rings is 1. The molecule has 1 N–H and O–H groups in total. The molecule has 2 aromatic carbocycles. The Hall–Kier alpha value is -2.24. The molecule has 1 fully saturated rings. The van der Waals surface area contributed by atoms with Crippen LogP contribution < -0.4 is 15.0 Å². The van der Waals surface area contributed by atoms with E-state index in [1.807, 2.05) is 30.3 Å². The van der Waals surface area contributed by atoms with Gasteiger partial charge in [-0.3, -0.25) is 4.79 Å². The van der Waals surface area contributed by atoms with E-state index in [9.17, 15) is 4.79 Å². The number of carbonyl (C=O) groups is 1. The zero-order valence-electron chi connectivity index (χ0n) is 14.6. The summed E-state index contributed by atoms with van der Waals surface area (Å²) in [4.78, 5) is 14.4. The number of halogens is 1. The molecule has 26 heavy (non-hydrogen) atoms. The molecule has 138 valence electrons. The standard InChI is InChI=1S/C20H23ClN2O3/c21-16-6-8-19(9-7-16)26-12-2-5-20(24)22-17-3-1-4-18(15-17)23-10-13-25-14-11-23/h1,3-4,6-9,15H,2,5,10-14H2,(H,22,24). The maximum Gasteiger partial charge on any atom is 0.224 e. The van der Waals surface area contributed by atoms with E-state index in [-0.39, 0.29) is 5.91 Å². The Kier molecular flexibility index (Phi) is 6.75. The number of rotatable bonds is 7. The van der Waals surface area contributed by atoms with Crippen molar-refractivity contribution >= 4 is 28.9 Å². The number of ether oxygens (including phenoxy) is 2. The molecule has 0 unspecified atom stereocenters. The largest absolute Gasteiger partial charge is 0.494 e. The summed E-state index contributed by atoms with van der Waals surface area (Å²) in [5, 5.41) is 3.63. The summed E-state index contributed by atoms with van der Waals surface area (Å²) in [6, 6.07) is 15.1. The van der Waals surface area contributed by atoms with Crippen molar-refractivity contribution in [2.75, 3.05) is 43.1 Å². The Bertz CT molecular complexity index is 715. The van der Waals surface area contributed by atoms with E-state index in [1.165, 1.54) is 0 Å². The Labute approximate surface area is 158 Å². The molecule has 1 saturated heterocycles. The van der Waals surface area contributed by atoms with Crippen LogP contribution in [0.5, 0.6) is 5.75 Å². The topological polar surface area (TPSA) is 50.8 Å². The molecule has 5 nitrogen and oxygen atoms in total. The third kappa shape index (κ3) is 5.64. The van der Waals surface area contributed by atoms with Gasteiger partial charge in [-0.05, 0) is 48.9 Å². The summed E-state index contributed by atoms with van der Waals surface area (Å²) in [7, 11) is 0. The van der Waals surface area contributed by atoms with Crippen molar-refractivity contribution in [1.82, 2.24) is 0 Å². The number of carbonyl (C=O) groups excluding carboxylic acids is 1. The maximum atomic E-state index is 12.1. The fourth-order valence-electron chi connectivity index (χ4n) is 2.78. The van der Waals surface area contributed by atoms with Gasteiger partial charge in [0.25, 0.3) is 0 Å². The van der Waals surface area contributed by atoms with E-state index in [1.54, 1.807) is 12.1 Å². The normalized spacial score (nSPS) is 14.1. The van der Waals surface area contributed by atoms with Gasteiger partial charge in [0.05, 0.1) is 19.8 Å². The van der Waals surface area contributed by atoms with E-state index >= 15 is 0 Å². The Morgan fingerprint density at radius 2 is 1.92 bits per heavy atom. The fourth-order valence-corrected chi connectivity index (χ4v) is 2.90. The Morgan fingerprint density at radius 3 is 2.69 bits per heavy atom. The van der Waals surface area contributed by atoms with Crippen LogP contribution in [0.2, 0.25) is 5.02 Å². The zero-order valence-corrected chi connectivity index (χ0v) is 15.4. The molecule has 0 bridgehead atoms. The van der Waals surface area contributed by atoms with Crippen LogP contribution in [0.3, 0.4) is 0 Å². The lowest BCUT2D eigenvalue weighted by molar-refractivity contribution is -0.116. The van der Waals surface area contributed by atoms with Gasteiger partial charge in [0.15, 0.2) is 0 Å².